The summed E-state index contributed by atoms with van der Waals surface area (Å²) in [5, 5.41) is 0. The summed E-state index contributed by atoms with van der Waals surface area (Å²) in [7, 11) is 1.99. The zero-order valence-corrected chi connectivity index (χ0v) is 12.7. The number of benzene rings is 2. The predicted molar refractivity (Wildman–Crippen MR) is 85.6 cm³/mol. The minimum absolute atomic E-state index is 0.432. The second kappa shape index (κ2) is 5.96. The summed E-state index contributed by atoms with van der Waals surface area (Å²) in [4.78, 5) is 13.2. The van der Waals surface area contributed by atoms with Crippen LogP contribution in [0.1, 0.15) is 15.9 Å². The average Bonchev–Trinajstić information content (AvgIpc) is 2.41. The van der Waals surface area contributed by atoms with Crippen molar-refractivity contribution in [3.63, 3.8) is 0 Å². The lowest BCUT2D eigenvalue weighted by Crippen LogP contribution is -2.17. The molecule has 4 nitrogen and oxygen atoms in total. The van der Waals surface area contributed by atoms with Gasteiger partial charge in [-0.2, -0.15) is 0 Å². The van der Waals surface area contributed by atoms with Crippen molar-refractivity contribution >= 4 is 33.2 Å². The summed E-state index contributed by atoms with van der Waals surface area (Å²) in [6.45, 7) is 0.745. The molecule has 0 fully saturated rings. The molecule has 0 saturated heterocycles. The zero-order valence-electron chi connectivity index (χ0n) is 11.1. The van der Waals surface area contributed by atoms with Crippen LogP contribution >= 0.6 is 15.9 Å². The van der Waals surface area contributed by atoms with E-state index >= 15 is 0 Å². The fraction of sp³-hybridized carbons (Fsp3) is 0.133. The number of anilines is 2. The maximum atomic E-state index is 11.1. The molecule has 0 bridgehead atoms. The van der Waals surface area contributed by atoms with Gasteiger partial charge in [0.1, 0.15) is 0 Å². The summed E-state index contributed by atoms with van der Waals surface area (Å²) >= 11 is 3.47. The number of carbonyl (C=O) groups excluding carboxylic acids is 1. The van der Waals surface area contributed by atoms with Gasteiger partial charge in [0.25, 0.3) is 0 Å². The third kappa shape index (κ3) is 3.30. The highest BCUT2D eigenvalue weighted by Gasteiger charge is 2.09. The fourth-order valence-electron chi connectivity index (χ4n) is 1.95. The third-order valence-electron chi connectivity index (χ3n) is 3.04. The highest BCUT2D eigenvalue weighted by atomic mass is 79.9. The van der Waals surface area contributed by atoms with E-state index in [0.717, 1.165) is 28.0 Å². The minimum atomic E-state index is -0.432. The lowest BCUT2D eigenvalue weighted by atomic mass is 10.1. The quantitative estimate of drug-likeness (QED) is 0.845. The number of nitrogen functional groups attached to an aromatic ring is 1. The predicted octanol–water partition coefficient (Wildman–Crippen LogP) is 2.77. The molecule has 0 radical (unpaired) electrons. The Hall–Kier alpha value is -2.01. The Kier molecular flexibility index (Phi) is 4.29. The maximum Gasteiger partial charge on any atom is 0.248 e. The van der Waals surface area contributed by atoms with Crippen molar-refractivity contribution in [3.8, 4) is 0 Å². The second-order valence-corrected chi connectivity index (χ2v) is 5.48. The highest BCUT2D eigenvalue weighted by molar-refractivity contribution is 9.10. The van der Waals surface area contributed by atoms with Crippen molar-refractivity contribution in [1.82, 2.24) is 0 Å². The molecule has 104 valence electrons. The molecule has 0 heterocycles. The van der Waals surface area contributed by atoms with Crippen molar-refractivity contribution in [2.24, 2.45) is 5.73 Å². The van der Waals surface area contributed by atoms with E-state index < -0.39 is 5.91 Å². The first-order valence-corrected chi connectivity index (χ1v) is 6.91. The number of nitrogens with zero attached hydrogens (tertiary/aromatic N) is 1. The van der Waals surface area contributed by atoms with Gasteiger partial charge in [-0.25, -0.2) is 0 Å². The Morgan fingerprint density at radius 1 is 1.20 bits per heavy atom. The van der Waals surface area contributed by atoms with Gasteiger partial charge in [-0.05, 0) is 51.8 Å². The Morgan fingerprint density at radius 3 is 2.40 bits per heavy atom. The van der Waals surface area contributed by atoms with E-state index in [2.05, 4.69) is 20.8 Å². The molecular formula is C15H16BrN3O. The van der Waals surface area contributed by atoms with Crippen LogP contribution in [0, 0.1) is 0 Å². The van der Waals surface area contributed by atoms with E-state index in [1.165, 1.54) is 0 Å². The molecule has 0 aliphatic heterocycles. The summed E-state index contributed by atoms with van der Waals surface area (Å²) < 4.78 is 0.840. The largest absolute Gasteiger partial charge is 0.399 e. The maximum absolute atomic E-state index is 11.1. The first kappa shape index (κ1) is 14.4. The van der Waals surface area contributed by atoms with Crippen LogP contribution in [0.3, 0.4) is 0 Å². The second-order valence-electron chi connectivity index (χ2n) is 4.63. The van der Waals surface area contributed by atoms with Crippen LogP contribution in [0.4, 0.5) is 11.4 Å². The molecule has 2 rings (SSSR count). The number of nitrogens with two attached hydrogens (primary N) is 2. The van der Waals surface area contributed by atoms with Crippen LogP contribution in [0.25, 0.3) is 0 Å². The van der Waals surface area contributed by atoms with E-state index in [9.17, 15) is 4.79 Å². The van der Waals surface area contributed by atoms with E-state index in [1.807, 2.05) is 37.4 Å². The summed E-state index contributed by atoms with van der Waals surface area (Å²) in [6.07, 6.45) is 0. The van der Waals surface area contributed by atoms with Crippen molar-refractivity contribution in [1.29, 1.82) is 0 Å². The molecule has 0 spiro atoms. The summed E-state index contributed by atoms with van der Waals surface area (Å²) in [6, 6.07) is 13.1. The van der Waals surface area contributed by atoms with Crippen LogP contribution in [0.5, 0.6) is 0 Å². The molecule has 0 aliphatic carbocycles. The Morgan fingerprint density at radius 2 is 1.85 bits per heavy atom. The van der Waals surface area contributed by atoms with Crippen molar-refractivity contribution in [3.05, 3.63) is 58.1 Å². The molecule has 0 aromatic heterocycles. The SMILES string of the molecule is CN(Cc1ccc(N)cc1)c1ccc(C(N)=O)cc1Br. The molecule has 2 aromatic rings. The molecule has 1 amide bonds. The standard InChI is InChI=1S/C15H16BrN3O/c1-19(9-10-2-5-12(17)6-3-10)14-7-4-11(15(18)20)8-13(14)16/h2-8H,9,17H2,1H3,(H2,18,20). The van der Waals surface area contributed by atoms with Gasteiger partial charge in [0, 0.05) is 29.3 Å². The van der Waals surface area contributed by atoms with E-state index in [-0.39, 0.29) is 0 Å². The number of hydrogen-bond donors (Lipinski definition) is 2. The number of rotatable bonds is 4. The Balaban J connectivity index is 2.18. The first-order chi connectivity index (χ1) is 9.47. The average molecular weight is 334 g/mol. The number of amides is 1. The van der Waals surface area contributed by atoms with Crippen LogP contribution in [-0.4, -0.2) is 13.0 Å². The molecule has 20 heavy (non-hydrogen) atoms. The van der Waals surface area contributed by atoms with Crippen LogP contribution < -0.4 is 16.4 Å². The van der Waals surface area contributed by atoms with Crippen LogP contribution in [-0.2, 0) is 6.54 Å². The number of carbonyl (C=O) groups is 1. The van der Waals surface area contributed by atoms with Gasteiger partial charge in [0.2, 0.25) is 5.91 Å². The number of hydrogen-bond acceptors (Lipinski definition) is 3. The van der Waals surface area contributed by atoms with Gasteiger partial charge >= 0.3 is 0 Å². The Bertz CT molecular complexity index is 626. The van der Waals surface area contributed by atoms with Gasteiger partial charge in [-0.1, -0.05) is 12.1 Å². The molecule has 2 aromatic carbocycles. The van der Waals surface area contributed by atoms with E-state index in [1.54, 1.807) is 12.1 Å². The molecule has 0 atom stereocenters. The molecular weight excluding hydrogens is 318 g/mol. The molecule has 5 heteroatoms. The monoisotopic (exact) mass is 333 g/mol. The molecule has 0 aliphatic rings. The lowest BCUT2D eigenvalue weighted by molar-refractivity contribution is 0.100. The van der Waals surface area contributed by atoms with E-state index in [0.29, 0.717) is 5.56 Å². The van der Waals surface area contributed by atoms with Crippen molar-refractivity contribution in [2.45, 2.75) is 6.54 Å². The van der Waals surface area contributed by atoms with Crippen LogP contribution in [0.2, 0.25) is 0 Å². The highest BCUT2D eigenvalue weighted by Crippen LogP contribution is 2.27. The van der Waals surface area contributed by atoms with Gasteiger partial charge < -0.3 is 16.4 Å². The fourth-order valence-corrected chi connectivity index (χ4v) is 2.63. The topological polar surface area (TPSA) is 72.3 Å². The Labute approximate surface area is 126 Å². The zero-order chi connectivity index (χ0) is 14.7. The van der Waals surface area contributed by atoms with Gasteiger partial charge in [-0.3, -0.25) is 4.79 Å². The third-order valence-corrected chi connectivity index (χ3v) is 3.68. The minimum Gasteiger partial charge on any atom is -0.399 e. The van der Waals surface area contributed by atoms with Gasteiger partial charge in [0.15, 0.2) is 0 Å². The van der Waals surface area contributed by atoms with Crippen molar-refractivity contribution < 1.29 is 4.79 Å². The summed E-state index contributed by atoms with van der Waals surface area (Å²) in [5.41, 5.74) is 14.3. The molecule has 0 unspecified atom stereocenters. The molecule has 4 N–H and O–H groups in total. The van der Waals surface area contributed by atoms with Crippen LogP contribution in [0.15, 0.2) is 46.9 Å². The first-order valence-electron chi connectivity index (χ1n) is 6.12. The number of halogens is 1. The molecule has 0 saturated carbocycles. The van der Waals surface area contributed by atoms with E-state index in [4.69, 9.17) is 11.5 Å². The lowest BCUT2D eigenvalue weighted by Gasteiger charge is -2.21. The summed E-state index contributed by atoms with van der Waals surface area (Å²) in [5.74, 6) is -0.432. The number of primary amides is 1. The van der Waals surface area contributed by atoms with Crippen molar-refractivity contribution in [2.75, 3.05) is 17.7 Å². The van der Waals surface area contributed by atoms with Gasteiger partial charge in [-0.15, -0.1) is 0 Å². The van der Waals surface area contributed by atoms with Gasteiger partial charge in [0.05, 0.1) is 5.69 Å². The normalized spacial score (nSPS) is 10.3. The smallest absolute Gasteiger partial charge is 0.248 e.